The summed E-state index contributed by atoms with van der Waals surface area (Å²) in [6, 6.07) is 0.0599. The van der Waals surface area contributed by atoms with Crippen LogP contribution < -0.4 is 5.32 Å². The van der Waals surface area contributed by atoms with Crippen molar-refractivity contribution in [3.63, 3.8) is 0 Å². The molecule has 0 aromatic carbocycles. The van der Waals surface area contributed by atoms with Gasteiger partial charge in [0.25, 0.3) is 0 Å². The van der Waals surface area contributed by atoms with Crippen molar-refractivity contribution in [2.24, 2.45) is 5.92 Å². The van der Waals surface area contributed by atoms with E-state index in [2.05, 4.69) is 29.2 Å². The summed E-state index contributed by atoms with van der Waals surface area (Å²) in [4.78, 5) is 16.6. The van der Waals surface area contributed by atoms with Crippen molar-refractivity contribution in [3.05, 3.63) is 11.6 Å². The van der Waals surface area contributed by atoms with Crippen LogP contribution >= 0.6 is 0 Å². The van der Waals surface area contributed by atoms with Crippen LogP contribution in [0.2, 0.25) is 0 Å². The molecule has 0 spiro atoms. The van der Waals surface area contributed by atoms with E-state index < -0.39 is 6.10 Å². The lowest BCUT2D eigenvalue weighted by Crippen LogP contribution is -2.47. The van der Waals surface area contributed by atoms with E-state index in [1.165, 1.54) is 0 Å². The number of aliphatic hydroxyl groups is 1. The van der Waals surface area contributed by atoms with E-state index in [4.69, 9.17) is 0 Å². The lowest BCUT2D eigenvalue weighted by atomic mass is 9.83. The third-order valence-electron chi connectivity index (χ3n) is 4.37. The van der Waals surface area contributed by atoms with Gasteiger partial charge in [0.15, 0.2) is 0 Å². The SMILES string of the molecule is Cc1nc([C@H]2CC[C@@H](O)[C@H](NC(=O)CC(C)C)C2)n(C(C)C)n1. The fraction of sp³-hybridized carbons (Fsp3) is 0.824. The van der Waals surface area contributed by atoms with Gasteiger partial charge in [0.05, 0.1) is 12.1 Å². The van der Waals surface area contributed by atoms with Crippen LogP contribution in [0.15, 0.2) is 0 Å². The van der Waals surface area contributed by atoms with Crippen LogP contribution in [0, 0.1) is 12.8 Å². The Morgan fingerprint density at radius 1 is 1.35 bits per heavy atom. The van der Waals surface area contributed by atoms with Crippen molar-refractivity contribution >= 4 is 5.91 Å². The van der Waals surface area contributed by atoms with Gasteiger partial charge in [-0.1, -0.05) is 13.8 Å². The second-order valence-corrected chi connectivity index (χ2v) is 7.40. The molecule has 1 saturated carbocycles. The summed E-state index contributed by atoms with van der Waals surface area (Å²) in [5.74, 6) is 2.32. The van der Waals surface area contributed by atoms with Crippen LogP contribution in [0.4, 0.5) is 0 Å². The predicted molar refractivity (Wildman–Crippen MR) is 89.1 cm³/mol. The van der Waals surface area contributed by atoms with Crippen LogP contribution in [0.5, 0.6) is 0 Å². The quantitative estimate of drug-likeness (QED) is 0.872. The summed E-state index contributed by atoms with van der Waals surface area (Å²) < 4.78 is 1.98. The van der Waals surface area contributed by atoms with Crippen molar-refractivity contribution in [2.75, 3.05) is 0 Å². The van der Waals surface area contributed by atoms with E-state index in [0.717, 1.165) is 24.5 Å². The fourth-order valence-corrected chi connectivity index (χ4v) is 3.29. The van der Waals surface area contributed by atoms with Crippen LogP contribution in [0.1, 0.15) is 77.0 Å². The monoisotopic (exact) mass is 322 g/mol. The first-order valence-electron chi connectivity index (χ1n) is 8.68. The van der Waals surface area contributed by atoms with Gasteiger partial charge in [0.2, 0.25) is 5.91 Å². The van der Waals surface area contributed by atoms with Crippen LogP contribution in [0.3, 0.4) is 0 Å². The summed E-state index contributed by atoms with van der Waals surface area (Å²) in [7, 11) is 0. The molecule has 2 N–H and O–H groups in total. The Hall–Kier alpha value is -1.43. The Balaban J connectivity index is 2.09. The Kier molecular flexibility index (Phi) is 5.79. The average molecular weight is 322 g/mol. The highest BCUT2D eigenvalue weighted by Gasteiger charge is 2.33. The molecule has 3 atom stereocenters. The van der Waals surface area contributed by atoms with E-state index in [0.29, 0.717) is 18.8 Å². The molecule has 0 unspecified atom stereocenters. The zero-order valence-electron chi connectivity index (χ0n) is 14.9. The van der Waals surface area contributed by atoms with Crippen molar-refractivity contribution in [1.29, 1.82) is 0 Å². The van der Waals surface area contributed by atoms with Crippen molar-refractivity contribution in [1.82, 2.24) is 20.1 Å². The van der Waals surface area contributed by atoms with E-state index in [-0.39, 0.29) is 23.9 Å². The highest BCUT2D eigenvalue weighted by atomic mass is 16.3. The van der Waals surface area contributed by atoms with Gasteiger partial charge in [-0.3, -0.25) is 4.79 Å². The van der Waals surface area contributed by atoms with E-state index >= 15 is 0 Å². The number of carbonyl (C=O) groups is 1. The van der Waals surface area contributed by atoms with Gasteiger partial charge in [-0.25, -0.2) is 9.67 Å². The lowest BCUT2D eigenvalue weighted by molar-refractivity contribution is -0.123. The number of amides is 1. The summed E-state index contributed by atoms with van der Waals surface area (Å²) in [5.41, 5.74) is 0. The van der Waals surface area contributed by atoms with E-state index in [1.54, 1.807) is 0 Å². The minimum Gasteiger partial charge on any atom is -0.391 e. The molecule has 2 rings (SSSR count). The molecule has 23 heavy (non-hydrogen) atoms. The predicted octanol–water partition coefficient (Wildman–Crippen LogP) is 2.33. The summed E-state index contributed by atoms with van der Waals surface area (Å²) >= 11 is 0. The molecule has 1 aliphatic rings. The summed E-state index contributed by atoms with van der Waals surface area (Å²) in [6.07, 6.45) is 2.30. The second kappa shape index (κ2) is 7.43. The first-order valence-corrected chi connectivity index (χ1v) is 8.68. The Bertz CT molecular complexity index is 539. The number of hydrogen-bond donors (Lipinski definition) is 2. The number of hydrogen-bond acceptors (Lipinski definition) is 4. The van der Waals surface area contributed by atoms with Gasteiger partial charge in [-0.15, -0.1) is 0 Å². The maximum absolute atomic E-state index is 12.0. The van der Waals surface area contributed by atoms with Gasteiger partial charge in [0, 0.05) is 18.4 Å². The van der Waals surface area contributed by atoms with E-state index in [9.17, 15) is 9.90 Å². The van der Waals surface area contributed by atoms with E-state index in [1.807, 2.05) is 25.5 Å². The fourth-order valence-electron chi connectivity index (χ4n) is 3.29. The van der Waals surface area contributed by atoms with Crippen LogP contribution in [-0.4, -0.2) is 37.9 Å². The van der Waals surface area contributed by atoms with Crippen molar-refractivity contribution in [3.8, 4) is 0 Å². The van der Waals surface area contributed by atoms with Gasteiger partial charge >= 0.3 is 0 Å². The highest BCUT2D eigenvalue weighted by molar-refractivity contribution is 5.76. The molecule has 0 aliphatic heterocycles. The van der Waals surface area contributed by atoms with Gasteiger partial charge in [-0.2, -0.15) is 5.10 Å². The number of aryl methyl sites for hydroxylation is 1. The molecule has 130 valence electrons. The van der Waals surface area contributed by atoms with Gasteiger partial charge < -0.3 is 10.4 Å². The number of nitrogens with zero attached hydrogens (tertiary/aromatic N) is 3. The first kappa shape index (κ1) is 17.9. The molecule has 6 heteroatoms. The third-order valence-corrected chi connectivity index (χ3v) is 4.37. The largest absolute Gasteiger partial charge is 0.391 e. The molecule has 1 heterocycles. The van der Waals surface area contributed by atoms with Crippen molar-refractivity contribution < 1.29 is 9.90 Å². The molecular formula is C17H30N4O2. The van der Waals surface area contributed by atoms with Crippen LogP contribution in [0.25, 0.3) is 0 Å². The Morgan fingerprint density at radius 2 is 2.04 bits per heavy atom. The molecule has 1 aromatic heterocycles. The van der Waals surface area contributed by atoms with Gasteiger partial charge in [-0.05, 0) is 46.0 Å². The Labute approximate surface area is 138 Å². The smallest absolute Gasteiger partial charge is 0.220 e. The first-order chi connectivity index (χ1) is 10.8. The molecule has 1 amide bonds. The maximum atomic E-state index is 12.0. The average Bonchev–Trinajstić information content (AvgIpc) is 2.82. The molecular weight excluding hydrogens is 292 g/mol. The Morgan fingerprint density at radius 3 is 2.65 bits per heavy atom. The molecule has 0 saturated heterocycles. The van der Waals surface area contributed by atoms with Crippen LogP contribution in [-0.2, 0) is 4.79 Å². The number of nitrogens with one attached hydrogen (secondary N) is 1. The standard InChI is InChI=1S/C17H30N4O2/c1-10(2)8-16(23)19-14-9-13(6-7-15(14)22)17-18-12(5)20-21(17)11(3)4/h10-11,13-15,22H,6-9H2,1-5H3,(H,19,23)/t13-,14+,15+/m0/s1. The number of carbonyl (C=O) groups excluding carboxylic acids is 1. The normalized spacial score (nSPS) is 25.1. The summed E-state index contributed by atoms with van der Waals surface area (Å²) in [6.45, 7) is 10.1. The minimum atomic E-state index is -0.473. The molecule has 0 bridgehead atoms. The van der Waals surface area contributed by atoms with Gasteiger partial charge in [0.1, 0.15) is 11.6 Å². The number of rotatable bonds is 5. The zero-order chi connectivity index (χ0) is 17.1. The van der Waals surface area contributed by atoms with Crippen molar-refractivity contribution in [2.45, 2.75) is 84.4 Å². The zero-order valence-corrected chi connectivity index (χ0v) is 14.9. The molecule has 1 fully saturated rings. The topological polar surface area (TPSA) is 80.0 Å². The maximum Gasteiger partial charge on any atom is 0.220 e. The number of aromatic nitrogens is 3. The lowest BCUT2D eigenvalue weighted by Gasteiger charge is -2.34. The number of aliphatic hydroxyl groups excluding tert-OH is 1. The highest BCUT2D eigenvalue weighted by Crippen LogP contribution is 2.33. The second-order valence-electron chi connectivity index (χ2n) is 7.40. The summed E-state index contributed by atoms with van der Waals surface area (Å²) in [5, 5.41) is 17.7. The third kappa shape index (κ3) is 4.53. The molecule has 1 aromatic rings. The molecule has 0 radical (unpaired) electrons. The molecule has 6 nitrogen and oxygen atoms in total. The minimum absolute atomic E-state index is 0.0196. The molecule has 1 aliphatic carbocycles.